The van der Waals surface area contributed by atoms with Crippen molar-refractivity contribution in [3.63, 3.8) is 0 Å². The quantitative estimate of drug-likeness (QED) is 0.609. The van der Waals surface area contributed by atoms with E-state index in [4.69, 9.17) is 19.2 Å². The number of nitrogens with zero attached hydrogens (tertiary/aromatic N) is 2. The molecule has 1 atom stereocenters. The standard InChI is InChI=1S/C22H24N2O3S/c1-25-18-9-5-16(6-10-18)21-15-28-22(24(21)14-20-4-3-13-27-20)23-17-7-11-19(26-2)12-8-17/h5-12,15,20H,3-4,13-14H2,1-2H3/t20-/m1/s1. The first-order chi connectivity index (χ1) is 13.8. The van der Waals surface area contributed by atoms with Crippen molar-refractivity contribution in [1.82, 2.24) is 4.57 Å². The second-order valence-corrected chi connectivity index (χ2v) is 7.52. The van der Waals surface area contributed by atoms with E-state index in [1.54, 1.807) is 25.6 Å². The van der Waals surface area contributed by atoms with Gasteiger partial charge in [0.15, 0.2) is 4.80 Å². The molecule has 0 spiro atoms. The van der Waals surface area contributed by atoms with Gasteiger partial charge in [-0.05, 0) is 66.9 Å². The van der Waals surface area contributed by atoms with Crippen molar-refractivity contribution in [3.05, 3.63) is 58.7 Å². The third-order valence-electron chi connectivity index (χ3n) is 4.89. The Hall–Kier alpha value is -2.57. The molecule has 4 rings (SSSR count). The zero-order chi connectivity index (χ0) is 19.3. The average Bonchev–Trinajstić information content (AvgIpc) is 3.40. The molecular weight excluding hydrogens is 372 g/mol. The number of methoxy groups -OCH3 is 2. The summed E-state index contributed by atoms with van der Waals surface area (Å²) >= 11 is 1.65. The minimum atomic E-state index is 0.237. The van der Waals surface area contributed by atoms with E-state index in [-0.39, 0.29) is 6.10 Å². The van der Waals surface area contributed by atoms with Crippen LogP contribution in [0.4, 0.5) is 5.69 Å². The monoisotopic (exact) mass is 396 g/mol. The smallest absolute Gasteiger partial charge is 0.190 e. The molecule has 0 unspecified atom stereocenters. The summed E-state index contributed by atoms with van der Waals surface area (Å²) in [6.45, 7) is 1.65. The zero-order valence-corrected chi connectivity index (χ0v) is 16.9. The highest BCUT2D eigenvalue weighted by molar-refractivity contribution is 7.07. The van der Waals surface area contributed by atoms with Crippen molar-refractivity contribution in [1.29, 1.82) is 0 Å². The molecule has 2 aromatic carbocycles. The predicted molar refractivity (Wildman–Crippen MR) is 111 cm³/mol. The van der Waals surface area contributed by atoms with Gasteiger partial charge in [-0.15, -0.1) is 11.3 Å². The van der Waals surface area contributed by atoms with Gasteiger partial charge in [0, 0.05) is 12.0 Å². The summed E-state index contributed by atoms with van der Waals surface area (Å²) in [4.78, 5) is 5.85. The van der Waals surface area contributed by atoms with Gasteiger partial charge in [0.1, 0.15) is 11.5 Å². The van der Waals surface area contributed by atoms with Crippen LogP contribution in [0.15, 0.2) is 58.9 Å². The molecule has 0 aliphatic carbocycles. The molecule has 6 heteroatoms. The van der Waals surface area contributed by atoms with Gasteiger partial charge < -0.3 is 18.8 Å². The Bertz CT molecular complexity index is 968. The van der Waals surface area contributed by atoms with Gasteiger partial charge in [-0.3, -0.25) is 0 Å². The number of aromatic nitrogens is 1. The summed E-state index contributed by atoms with van der Waals surface area (Å²) in [6.07, 6.45) is 2.45. The number of benzene rings is 2. The Morgan fingerprint density at radius 2 is 1.71 bits per heavy atom. The molecule has 1 saturated heterocycles. The highest BCUT2D eigenvalue weighted by Crippen LogP contribution is 2.25. The summed E-state index contributed by atoms with van der Waals surface area (Å²) in [5.41, 5.74) is 3.20. The summed E-state index contributed by atoms with van der Waals surface area (Å²) in [5, 5.41) is 2.17. The fourth-order valence-corrected chi connectivity index (χ4v) is 4.29. The number of rotatable bonds is 6. The Balaban J connectivity index is 1.74. The van der Waals surface area contributed by atoms with Crippen LogP contribution < -0.4 is 14.3 Å². The van der Waals surface area contributed by atoms with E-state index < -0.39 is 0 Å². The van der Waals surface area contributed by atoms with Crippen LogP contribution in [0.2, 0.25) is 0 Å². The van der Waals surface area contributed by atoms with Crippen LogP contribution in [0.25, 0.3) is 11.3 Å². The van der Waals surface area contributed by atoms with Crippen LogP contribution in [0, 0.1) is 0 Å². The molecule has 1 aliphatic heterocycles. The molecule has 1 fully saturated rings. The van der Waals surface area contributed by atoms with Crippen LogP contribution in [0.3, 0.4) is 0 Å². The number of ether oxygens (including phenoxy) is 3. The highest BCUT2D eigenvalue weighted by atomic mass is 32.1. The van der Waals surface area contributed by atoms with Crippen molar-refractivity contribution in [3.8, 4) is 22.8 Å². The van der Waals surface area contributed by atoms with Crippen LogP contribution in [-0.2, 0) is 11.3 Å². The molecule has 1 aromatic heterocycles. The van der Waals surface area contributed by atoms with Gasteiger partial charge in [0.05, 0.1) is 38.2 Å². The number of hydrogen-bond donors (Lipinski definition) is 0. The van der Waals surface area contributed by atoms with E-state index in [2.05, 4.69) is 22.1 Å². The Labute approximate surface area is 168 Å². The third kappa shape index (κ3) is 4.13. The molecule has 0 saturated carbocycles. The first kappa shape index (κ1) is 18.8. The summed E-state index contributed by atoms with van der Waals surface area (Å²) < 4.78 is 18.7. The van der Waals surface area contributed by atoms with Gasteiger partial charge in [0.2, 0.25) is 0 Å². The molecule has 0 N–H and O–H groups in total. The molecule has 5 nitrogen and oxygen atoms in total. The molecule has 28 heavy (non-hydrogen) atoms. The molecule has 0 radical (unpaired) electrons. The molecule has 0 bridgehead atoms. The average molecular weight is 397 g/mol. The Morgan fingerprint density at radius 3 is 2.32 bits per heavy atom. The van der Waals surface area contributed by atoms with E-state index in [0.717, 1.165) is 59.2 Å². The molecule has 1 aliphatic rings. The Morgan fingerprint density at radius 1 is 1.04 bits per heavy atom. The second-order valence-electron chi connectivity index (χ2n) is 6.69. The van der Waals surface area contributed by atoms with Crippen LogP contribution >= 0.6 is 11.3 Å². The number of hydrogen-bond acceptors (Lipinski definition) is 5. The van der Waals surface area contributed by atoms with Crippen molar-refractivity contribution in [2.45, 2.75) is 25.5 Å². The SMILES string of the molecule is COc1ccc(N=c2scc(-c3ccc(OC)cc3)n2C[C@H]2CCCO2)cc1. The highest BCUT2D eigenvalue weighted by Gasteiger charge is 2.19. The summed E-state index contributed by atoms with van der Waals surface area (Å²) in [5.74, 6) is 1.68. The second kappa shape index (κ2) is 8.63. The summed E-state index contributed by atoms with van der Waals surface area (Å²) in [7, 11) is 3.35. The van der Waals surface area contributed by atoms with E-state index in [9.17, 15) is 0 Å². The van der Waals surface area contributed by atoms with Gasteiger partial charge in [-0.1, -0.05) is 0 Å². The first-order valence-corrected chi connectivity index (χ1v) is 10.3. The molecule has 3 aromatic rings. The van der Waals surface area contributed by atoms with Crippen LogP contribution in [0.5, 0.6) is 11.5 Å². The zero-order valence-electron chi connectivity index (χ0n) is 16.1. The molecule has 2 heterocycles. The maximum absolute atomic E-state index is 5.89. The normalized spacial score (nSPS) is 17.1. The van der Waals surface area contributed by atoms with E-state index in [1.165, 1.54) is 0 Å². The van der Waals surface area contributed by atoms with E-state index >= 15 is 0 Å². The van der Waals surface area contributed by atoms with E-state index in [0.29, 0.717) is 0 Å². The van der Waals surface area contributed by atoms with Gasteiger partial charge in [-0.2, -0.15) is 0 Å². The minimum Gasteiger partial charge on any atom is -0.497 e. The topological polar surface area (TPSA) is 45.0 Å². The van der Waals surface area contributed by atoms with Crippen molar-refractivity contribution in [2.24, 2.45) is 4.99 Å². The number of thiazole rings is 1. The van der Waals surface area contributed by atoms with Crippen molar-refractivity contribution < 1.29 is 14.2 Å². The molecule has 0 amide bonds. The van der Waals surface area contributed by atoms with Crippen molar-refractivity contribution in [2.75, 3.05) is 20.8 Å². The first-order valence-electron chi connectivity index (χ1n) is 9.40. The van der Waals surface area contributed by atoms with Gasteiger partial charge in [0.25, 0.3) is 0 Å². The van der Waals surface area contributed by atoms with Gasteiger partial charge >= 0.3 is 0 Å². The lowest BCUT2D eigenvalue weighted by Gasteiger charge is -2.14. The predicted octanol–water partition coefficient (Wildman–Crippen LogP) is 4.65. The largest absolute Gasteiger partial charge is 0.497 e. The summed E-state index contributed by atoms with van der Waals surface area (Å²) in [6, 6.07) is 16.0. The lowest BCUT2D eigenvalue weighted by atomic mass is 10.1. The van der Waals surface area contributed by atoms with E-state index in [1.807, 2.05) is 36.4 Å². The third-order valence-corrected chi connectivity index (χ3v) is 5.75. The maximum Gasteiger partial charge on any atom is 0.190 e. The van der Waals surface area contributed by atoms with Gasteiger partial charge in [-0.25, -0.2) is 4.99 Å². The fourth-order valence-electron chi connectivity index (χ4n) is 3.35. The maximum atomic E-state index is 5.89. The lowest BCUT2D eigenvalue weighted by molar-refractivity contribution is 0.0968. The van der Waals surface area contributed by atoms with Crippen molar-refractivity contribution >= 4 is 17.0 Å². The van der Waals surface area contributed by atoms with Crippen LogP contribution in [-0.4, -0.2) is 31.5 Å². The minimum absolute atomic E-state index is 0.237. The fraction of sp³-hybridized carbons (Fsp3) is 0.318. The van der Waals surface area contributed by atoms with Crippen LogP contribution in [0.1, 0.15) is 12.8 Å². The Kier molecular flexibility index (Phi) is 5.78. The molecular formula is C22H24N2O3S. The molecule has 146 valence electrons. The lowest BCUT2D eigenvalue weighted by Crippen LogP contribution is -2.24.